The van der Waals surface area contributed by atoms with Crippen LogP contribution in [0.15, 0.2) is 0 Å². The zero-order chi connectivity index (χ0) is 30.3. The Balaban J connectivity index is -0.0000000220. The van der Waals surface area contributed by atoms with Crippen molar-refractivity contribution in [1.82, 2.24) is 21.3 Å². The summed E-state index contributed by atoms with van der Waals surface area (Å²) in [6.45, 7) is 8.06. The second-order valence-electron chi connectivity index (χ2n) is 4.26. The summed E-state index contributed by atoms with van der Waals surface area (Å²) in [7, 11) is 10.9. The molecule has 15 nitrogen and oxygen atoms in total. The summed E-state index contributed by atoms with van der Waals surface area (Å²) in [4.78, 5) is 56.8. The third kappa shape index (κ3) is 1230. The molecule has 0 heterocycles. The van der Waals surface area contributed by atoms with E-state index in [4.69, 9.17) is 19.8 Å². The smallest absolute Gasteiger partial charge is 0.300 e. The van der Waals surface area contributed by atoms with Crippen molar-refractivity contribution in [2.45, 2.75) is 56.4 Å². The van der Waals surface area contributed by atoms with Gasteiger partial charge >= 0.3 is 0 Å². The average molecular weight is 538 g/mol. The van der Waals surface area contributed by atoms with E-state index in [1.807, 2.05) is 0 Å². The Hall–Kier alpha value is -3.30. The molecule has 0 unspecified atom stereocenters. The van der Waals surface area contributed by atoms with Crippen LogP contribution < -0.4 is 38.5 Å². The molecule has 0 atom stereocenters. The molecule has 0 saturated carbocycles. The molecular weight excluding hydrogens is 478 g/mol. The van der Waals surface area contributed by atoms with Crippen molar-refractivity contribution < 1.29 is 39.0 Å². The van der Waals surface area contributed by atoms with Crippen LogP contribution in [-0.4, -0.2) is 95.1 Å². The first-order chi connectivity index (χ1) is 15.5. The van der Waals surface area contributed by atoms with Crippen LogP contribution in [0.1, 0.15) is 56.4 Å². The van der Waals surface area contributed by atoms with E-state index < -0.39 is 11.9 Å². The molecule has 0 bridgehead atoms. The van der Waals surface area contributed by atoms with Crippen LogP contribution in [0.3, 0.4) is 0 Å². The highest BCUT2D eigenvalue weighted by atomic mass is 16.4. The van der Waals surface area contributed by atoms with Crippen molar-refractivity contribution >= 4 is 35.6 Å². The summed E-state index contributed by atoms with van der Waals surface area (Å²) in [6, 6.07) is 0. The Bertz CT molecular complexity index is 376. The Morgan fingerprint density at radius 1 is 0.417 bits per heavy atom. The van der Waals surface area contributed by atoms with Gasteiger partial charge in [0.05, 0.1) is 0 Å². The number of hydrogen-bond donors (Lipinski definition) is 9. The Kier molecular flexibility index (Phi) is 166. The molecule has 226 valence electrons. The van der Waals surface area contributed by atoms with Crippen LogP contribution in [0.5, 0.6) is 0 Å². The normalized spacial score (nSPS) is 5.67. The minimum Gasteiger partial charge on any atom is -0.481 e. The standard InChI is InChI=1S/4C3H7NO.2C2H4O2.3CH5N.2CH4/c4*1-3(5)4-2;2*1-2(3)4;3*1-2;;/h4*1-2H3,(H,4,5);2*1H3,(H,3,4);3*2H2,1H3;2*1H4. The first kappa shape index (κ1) is 69.8. The number of carbonyl (C=O) groups excluding carboxylic acids is 4. The minimum atomic E-state index is -0.833. The molecule has 0 aliphatic heterocycles. The Morgan fingerprint density at radius 2 is 0.444 bits per heavy atom. The molecule has 0 spiro atoms. The molecule has 36 heavy (non-hydrogen) atoms. The van der Waals surface area contributed by atoms with E-state index in [2.05, 4.69) is 38.5 Å². The van der Waals surface area contributed by atoms with Gasteiger partial charge in [-0.2, -0.15) is 0 Å². The van der Waals surface area contributed by atoms with Gasteiger partial charge in [-0.25, -0.2) is 0 Å². The molecule has 0 aromatic carbocycles. The maximum atomic E-state index is 9.70. The summed E-state index contributed by atoms with van der Waals surface area (Å²) in [5.41, 5.74) is 13.5. The molecule has 0 fully saturated rings. The molecule has 0 aromatic heterocycles. The van der Waals surface area contributed by atoms with Gasteiger partial charge in [0.25, 0.3) is 11.9 Å². The molecule has 0 radical (unpaired) electrons. The number of carbonyl (C=O) groups is 6. The molecule has 0 aliphatic carbocycles. The van der Waals surface area contributed by atoms with Gasteiger partial charge in [0.2, 0.25) is 23.6 Å². The van der Waals surface area contributed by atoms with Crippen molar-refractivity contribution in [2.24, 2.45) is 17.2 Å². The van der Waals surface area contributed by atoms with E-state index in [1.54, 1.807) is 28.2 Å². The van der Waals surface area contributed by atoms with Crippen LogP contribution in [0.2, 0.25) is 0 Å². The van der Waals surface area contributed by atoms with Gasteiger partial charge in [0.1, 0.15) is 0 Å². The highest BCUT2D eigenvalue weighted by Gasteiger charge is 1.74. The number of aliphatic carboxylic acids is 2. The third-order valence-electron chi connectivity index (χ3n) is 1.41. The van der Waals surface area contributed by atoms with Gasteiger partial charge in [0, 0.05) is 69.7 Å². The predicted octanol–water partition coefficient (Wildman–Crippen LogP) is -0.812. The van der Waals surface area contributed by atoms with E-state index in [-0.39, 0.29) is 38.5 Å². The quantitative estimate of drug-likeness (QED) is 0.184. The summed E-state index contributed by atoms with van der Waals surface area (Å²) >= 11 is 0. The van der Waals surface area contributed by atoms with Crippen molar-refractivity contribution in [2.75, 3.05) is 49.3 Å². The fourth-order valence-electron chi connectivity index (χ4n) is 0. The second-order valence-corrected chi connectivity index (χ2v) is 4.26. The molecule has 0 rings (SSSR count). The van der Waals surface area contributed by atoms with Crippen LogP contribution >= 0.6 is 0 Å². The van der Waals surface area contributed by atoms with E-state index in [0.29, 0.717) is 0 Å². The Morgan fingerprint density at radius 3 is 0.444 bits per heavy atom. The molecular formula is C21H59N7O8. The lowest BCUT2D eigenvalue weighted by Crippen LogP contribution is -2.11. The van der Waals surface area contributed by atoms with E-state index >= 15 is 0 Å². The van der Waals surface area contributed by atoms with E-state index in [9.17, 15) is 19.2 Å². The summed E-state index contributed by atoms with van der Waals surface area (Å²) in [5, 5.41) is 24.4. The number of nitrogens with one attached hydrogen (secondary N) is 4. The lowest BCUT2D eigenvalue weighted by molar-refractivity contribution is -0.135. The minimum absolute atomic E-state index is 0. The summed E-state index contributed by atoms with van der Waals surface area (Å²) < 4.78 is 0. The van der Waals surface area contributed by atoms with Gasteiger partial charge in [0.15, 0.2) is 0 Å². The topological polar surface area (TPSA) is 269 Å². The van der Waals surface area contributed by atoms with Crippen LogP contribution in [0.4, 0.5) is 0 Å². The maximum Gasteiger partial charge on any atom is 0.300 e. The highest BCUT2D eigenvalue weighted by molar-refractivity contribution is 5.73. The lowest BCUT2D eigenvalue weighted by Gasteiger charge is -1.80. The van der Waals surface area contributed by atoms with Gasteiger partial charge in [-0.05, 0) is 21.1 Å². The van der Waals surface area contributed by atoms with E-state index in [1.165, 1.54) is 48.8 Å². The van der Waals surface area contributed by atoms with Crippen LogP contribution in [-0.2, 0) is 28.8 Å². The van der Waals surface area contributed by atoms with Crippen molar-refractivity contribution in [3.8, 4) is 0 Å². The molecule has 15 heteroatoms. The zero-order valence-corrected chi connectivity index (χ0v) is 23.1. The SMILES string of the molecule is C.C.CC(=O)O.CC(=O)O.CN.CN.CN.CNC(C)=O.CNC(C)=O.CNC(C)=O.CNC(C)=O. The number of carboxylic acids is 2. The van der Waals surface area contributed by atoms with Gasteiger partial charge in [-0.15, -0.1) is 0 Å². The molecule has 4 amide bonds. The lowest BCUT2D eigenvalue weighted by atomic mass is 10.7. The van der Waals surface area contributed by atoms with E-state index in [0.717, 1.165) is 13.8 Å². The van der Waals surface area contributed by atoms with Crippen molar-refractivity contribution in [3.05, 3.63) is 0 Å². The van der Waals surface area contributed by atoms with Crippen LogP contribution in [0.25, 0.3) is 0 Å². The monoisotopic (exact) mass is 537 g/mol. The van der Waals surface area contributed by atoms with Crippen molar-refractivity contribution in [3.63, 3.8) is 0 Å². The first-order valence-electron chi connectivity index (χ1n) is 9.40. The summed E-state index contributed by atoms with van der Waals surface area (Å²) in [5.74, 6) is -1.65. The summed E-state index contributed by atoms with van der Waals surface area (Å²) in [6.07, 6.45) is 0. The van der Waals surface area contributed by atoms with Gasteiger partial charge in [-0.3, -0.25) is 28.8 Å². The molecule has 0 aliphatic rings. The number of hydrogen-bond acceptors (Lipinski definition) is 9. The van der Waals surface area contributed by atoms with Crippen LogP contribution in [0, 0.1) is 0 Å². The fraction of sp³-hybridized carbons (Fsp3) is 0.714. The third-order valence-corrected chi connectivity index (χ3v) is 1.41. The zero-order valence-electron chi connectivity index (χ0n) is 23.1. The second kappa shape index (κ2) is 85.4. The average Bonchev–Trinajstić information content (AvgIpc) is 2.78. The number of carboxylic acid groups (broad SMARTS) is 2. The van der Waals surface area contributed by atoms with Gasteiger partial charge < -0.3 is 48.7 Å². The first-order valence-corrected chi connectivity index (χ1v) is 9.40. The van der Waals surface area contributed by atoms with Gasteiger partial charge in [-0.1, -0.05) is 14.9 Å². The molecule has 0 saturated heterocycles. The molecule has 0 aromatic rings. The number of nitrogens with two attached hydrogens (primary N) is 3. The predicted molar refractivity (Wildman–Crippen MR) is 149 cm³/mol. The fourth-order valence-corrected chi connectivity index (χ4v) is 0. The number of rotatable bonds is 0. The Labute approximate surface area is 219 Å². The molecule has 12 N–H and O–H groups in total. The van der Waals surface area contributed by atoms with Crippen molar-refractivity contribution in [1.29, 1.82) is 0 Å². The highest BCUT2D eigenvalue weighted by Crippen LogP contribution is 1.47. The largest absolute Gasteiger partial charge is 0.481 e. The maximum absolute atomic E-state index is 9.70. The number of amides is 4.